The second kappa shape index (κ2) is 8.57. The molecular formula is C23H20N4O3. The molecule has 150 valence electrons. The number of hydrogen-bond donors (Lipinski definition) is 1. The van der Waals surface area contributed by atoms with Crippen LogP contribution >= 0.6 is 0 Å². The zero-order valence-electron chi connectivity index (χ0n) is 16.4. The summed E-state index contributed by atoms with van der Waals surface area (Å²) in [5.41, 5.74) is 2.79. The van der Waals surface area contributed by atoms with Crippen molar-refractivity contribution in [3.63, 3.8) is 0 Å². The van der Waals surface area contributed by atoms with Crippen LogP contribution in [0.25, 0.3) is 22.8 Å². The van der Waals surface area contributed by atoms with Crippen LogP contribution in [-0.2, 0) is 17.9 Å². The summed E-state index contributed by atoms with van der Waals surface area (Å²) in [6.45, 7) is 2.30. The Morgan fingerprint density at radius 3 is 2.57 bits per heavy atom. The molecule has 0 atom stereocenters. The number of carbonyl (C=O) groups is 1. The van der Waals surface area contributed by atoms with E-state index in [1.54, 1.807) is 18.3 Å². The molecule has 0 spiro atoms. The van der Waals surface area contributed by atoms with Gasteiger partial charge >= 0.3 is 0 Å². The summed E-state index contributed by atoms with van der Waals surface area (Å²) < 4.78 is 6.63. The molecule has 0 bridgehead atoms. The summed E-state index contributed by atoms with van der Waals surface area (Å²) >= 11 is 0. The van der Waals surface area contributed by atoms with Gasteiger partial charge in [0.2, 0.25) is 11.7 Å². The summed E-state index contributed by atoms with van der Waals surface area (Å²) in [7, 11) is 0. The van der Waals surface area contributed by atoms with Gasteiger partial charge in [0.1, 0.15) is 12.1 Å². The monoisotopic (exact) mass is 400 g/mol. The molecule has 30 heavy (non-hydrogen) atoms. The normalized spacial score (nSPS) is 10.7. The third kappa shape index (κ3) is 4.35. The number of aromatic nitrogens is 3. The number of aryl methyl sites for hydroxylation is 1. The van der Waals surface area contributed by atoms with E-state index in [0.717, 1.165) is 16.7 Å². The van der Waals surface area contributed by atoms with Gasteiger partial charge in [-0.2, -0.15) is 4.98 Å². The fourth-order valence-corrected chi connectivity index (χ4v) is 2.98. The van der Waals surface area contributed by atoms with E-state index < -0.39 is 0 Å². The average Bonchev–Trinajstić information content (AvgIpc) is 3.25. The first-order valence-electron chi connectivity index (χ1n) is 9.51. The van der Waals surface area contributed by atoms with Crippen molar-refractivity contribution in [1.82, 2.24) is 20.0 Å². The summed E-state index contributed by atoms with van der Waals surface area (Å²) in [6.07, 6.45) is 1.56. The van der Waals surface area contributed by atoms with E-state index in [1.807, 2.05) is 61.5 Å². The Balaban J connectivity index is 1.50. The molecule has 0 aliphatic rings. The highest BCUT2D eigenvalue weighted by Crippen LogP contribution is 2.20. The van der Waals surface area contributed by atoms with Gasteiger partial charge in [-0.1, -0.05) is 65.3 Å². The van der Waals surface area contributed by atoms with Crippen LogP contribution in [0, 0.1) is 6.92 Å². The Morgan fingerprint density at radius 1 is 1.03 bits per heavy atom. The number of nitrogens with zero attached hydrogens (tertiary/aromatic N) is 3. The van der Waals surface area contributed by atoms with Crippen molar-refractivity contribution in [2.75, 3.05) is 0 Å². The maximum atomic E-state index is 12.8. The maximum absolute atomic E-state index is 12.8. The van der Waals surface area contributed by atoms with Crippen molar-refractivity contribution in [3.05, 3.63) is 94.4 Å². The van der Waals surface area contributed by atoms with Crippen LogP contribution in [0.15, 0.2) is 82.2 Å². The predicted molar refractivity (Wildman–Crippen MR) is 112 cm³/mol. The van der Waals surface area contributed by atoms with E-state index in [1.165, 1.54) is 4.57 Å². The molecule has 0 radical (unpaired) electrons. The minimum absolute atomic E-state index is 0.0987. The van der Waals surface area contributed by atoms with Gasteiger partial charge in [-0.05, 0) is 24.6 Å². The molecule has 2 heterocycles. The third-order valence-electron chi connectivity index (χ3n) is 4.63. The lowest BCUT2D eigenvalue weighted by Gasteiger charge is -2.08. The molecule has 2 aromatic carbocycles. The predicted octanol–water partition coefficient (Wildman–Crippen LogP) is 3.19. The zero-order chi connectivity index (χ0) is 20.9. The molecule has 1 N–H and O–H groups in total. The summed E-state index contributed by atoms with van der Waals surface area (Å²) in [5, 5.41) is 6.79. The van der Waals surface area contributed by atoms with Crippen molar-refractivity contribution in [2.45, 2.75) is 20.0 Å². The SMILES string of the molecule is Cc1ccc(-c2noc(-c3cccn(CC(=O)NCc4ccccc4)c3=O)n2)cc1. The molecule has 7 nitrogen and oxygen atoms in total. The first-order chi connectivity index (χ1) is 14.6. The maximum Gasteiger partial charge on any atom is 0.263 e. The first kappa shape index (κ1) is 19.3. The van der Waals surface area contributed by atoms with Gasteiger partial charge in [-0.3, -0.25) is 9.59 Å². The zero-order valence-corrected chi connectivity index (χ0v) is 16.4. The van der Waals surface area contributed by atoms with Gasteiger partial charge in [-0.15, -0.1) is 0 Å². The smallest absolute Gasteiger partial charge is 0.263 e. The quantitative estimate of drug-likeness (QED) is 0.537. The lowest BCUT2D eigenvalue weighted by atomic mass is 10.1. The Bertz CT molecular complexity index is 1210. The van der Waals surface area contributed by atoms with E-state index >= 15 is 0 Å². The van der Waals surface area contributed by atoms with Crippen molar-refractivity contribution < 1.29 is 9.32 Å². The van der Waals surface area contributed by atoms with Gasteiger partial charge in [-0.25, -0.2) is 0 Å². The van der Waals surface area contributed by atoms with Gasteiger partial charge in [0.25, 0.3) is 11.4 Å². The van der Waals surface area contributed by atoms with E-state index in [4.69, 9.17) is 4.52 Å². The molecule has 0 saturated heterocycles. The average molecular weight is 400 g/mol. The molecule has 4 rings (SSSR count). The van der Waals surface area contributed by atoms with Gasteiger partial charge in [0.15, 0.2) is 0 Å². The highest BCUT2D eigenvalue weighted by atomic mass is 16.5. The Labute approximate surface area is 173 Å². The fourth-order valence-electron chi connectivity index (χ4n) is 2.98. The second-order valence-electron chi connectivity index (χ2n) is 6.91. The largest absolute Gasteiger partial charge is 0.350 e. The molecule has 0 saturated carbocycles. The van der Waals surface area contributed by atoms with Gasteiger partial charge in [0.05, 0.1) is 0 Å². The molecule has 0 unspecified atom stereocenters. The van der Waals surface area contributed by atoms with Crippen LogP contribution in [-0.4, -0.2) is 20.6 Å². The number of hydrogen-bond acceptors (Lipinski definition) is 5. The van der Waals surface area contributed by atoms with Crippen LogP contribution in [0.2, 0.25) is 0 Å². The van der Waals surface area contributed by atoms with Gasteiger partial charge < -0.3 is 14.4 Å². The van der Waals surface area contributed by atoms with Crippen LogP contribution in [0.1, 0.15) is 11.1 Å². The minimum atomic E-state index is -0.369. The third-order valence-corrected chi connectivity index (χ3v) is 4.63. The van der Waals surface area contributed by atoms with E-state index in [2.05, 4.69) is 15.5 Å². The topological polar surface area (TPSA) is 90.0 Å². The number of pyridine rings is 1. The number of benzene rings is 2. The van der Waals surface area contributed by atoms with Crippen LogP contribution in [0.3, 0.4) is 0 Å². The number of nitrogens with one attached hydrogen (secondary N) is 1. The number of amides is 1. The van der Waals surface area contributed by atoms with Crippen molar-refractivity contribution >= 4 is 5.91 Å². The minimum Gasteiger partial charge on any atom is -0.350 e. The van der Waals surface area contributed by atoms with Crippen LogP contribution in [0.5, 0.6) is 0 Å². The number of rotatable bonds is 6. The molecule has 4 aromatic rings. The molecule has 1 amide bonds. The molecule has 0 fully saturated rings. The van der Waals surface area contributed by atoms with Gasteiger partial charge in [0, 0.05) is 18.3 Å². The molecule has 2 aromatic heterocycles. The lowest BCUT2D eigenvalue weighted by Crippen LogP contribution is -2.32. The molecular weight excluding hydrogens is 380 g/mol. The van der Waals surface area contributed by atoms with Crippen molar-refractivity contribution in [2.24, 2.45) is 0 Å². The lowest BCUT2D eigenvalue weighted by molar-refractivity contribution is -0.121. The second-order valence-corrected chi connectivity index (χ2v) is 6.91. The van der Waals surface area contributed by atoms with E-state index in [-0.39, 0.29) is 29.5 Å². The van der Waals surface area contributed by atoms with E-state index in [9.17, 15) is 9.59 Å². The summed E-state index contributed by atoms with van der Waals surface area (Å²) in [4.78, 5) is 29.5. The Kier molecular flexibility index (Phi) is 5.52. The summed E-state index contributed by atoms with van der Waals surface area (Å²) in [5.74, 6) is 0.263. The summed E-state index contributed by atoms with van der Waals surface area (Å²) in [6, 6.07) is 20.6. The Hall–Kier alpha value is -4.00. The first-order valence-corrected chi connectivity index (χ1v) is 9.51. The molecule has 0 aliphatic carbocycles. The van der Waals surface area contributed by atoms with Crippen LogP contribution in [0.4, 0.5) is 0 Å². The Morgan fingerprint density at radius 2 is 1.80 bits per heavy atom. The molecule has 0 aliphatic heterocycles. The standard InChI is InChI=1S/C23H20N4O3/c1-16-9-11-18(12-10-16)21-25-22(30-26-21)19-8-5-13-27(23(19)29)15-20(28)24-14-17-6-3-2-4-7-17/h2-13H,14-15H2,1H3,(H,24,28). The highest BCUT2D eigenvalue weighted by Gasteiger charge is 2.16. The number of carbonyl (C=O) groups excluding carboxylic acids is 1. The van der Waals surface area contributed by atoms with Crippen molar-refractivity contribution in [3.8, 4) is 22.8 Å². The van der Waals surface area contributed by atoms with E-state index in [0.29, 0.717) is 12.4 Å². The fraction of sp³-hybridized carbons (Fsp3) is 0.130. The highest BCUT2D eigenvalue weighted by molar-refractivity contribution is 5.75. The molecule has 7 heteroatoms. The van der Waals surface area contributed by atoms with Crippen molar-refractivity contribution in [1.29, 1.82) is 0 Å². The van der Waals surface area contributed by atoms with Crippen LogP contribution < -0.4 is 10.9 Å².